The molecule has 5 N–H and O–H groups in total. The van der Waals surface area contributed by atoms with Crippen LogP contribution in [0.5, 0.6) is 5.75 Å². The first-order valence-corrected chi connectivity index (χ1v) is 18.8. The van der Waals surface area contributed by atoms with Gasteiger partial charge in [0.05, 0.1) is 6.61 Å². The van der Waals surface area contributed by atoms with Gasteiger partial charge in [-0.15, -0.1) is 0 Å². The van der Waals surface area contributed by atoms with Gasteiger partial charge in [0.25, 0.3) is 0 Å². The molecule has 0 spiro atoms. The summed E-state index contributed by atoms with van der Waals surface area (Å²) in [5, 5.41) is 37.6. The summed E-state index contributed by atoms with van der Waals surface area (Å²) in [5.41, 5.74) is 2.72. The number of rotatable bonds is 10. The summed E-state index contributed by atoms with van der Waals surface area (Å²) in [6.07, 6.45) is 13.9. The number of aromatic hydroxyl groups is 1. The van der Waals surface area contributed by atoms with Gasteiger partial charge in [0.2, 0.25) is 0 Å². The molecule has 5 saturated carbocycles. The third-order valence-electron chi connectivity index (χ3n) is 16.2. The van der Waals surface area contributed by atoms with E-state index < -0.39 is 0 Å². The van der Waals surface area contributed by atoms with Gasteiger partial charge in [0, 0.05) is 19.2 Å². The lowest BCUT2D eigenvalue weighted by atomic mass is 9.32. The molecule has 0 amide bonds. The average Bonchev–Trinajstić information content (AvgIpc) is 3.40. The molecule has 254 valence electrons. The molecule has 5 nitrogen and oxygen atoms in total. The maximum absolute atomic E-state index is 11.0. The standard InChI is InChI=1S/C40H66N2O3/c1-27(25-41-23-24-43)30-13-19-40(26-44)21-20-38(5)31(35(30)40)11-12-33-37(4)17-15-34(36(2,3)32(37)14-18-39(33,38)6)42-22-16-28-7-9-29(45)10-8-28/h7-10,27,30-35,41-45H,11-26H2,1-6H3/t27?,30-,31+,32-,33+,34?,35+,37-,38+,39+,40+/m0/s1. The Bertz CT molecular complexity index is 1170. The van der Waals surface area contributed by atoms with Crippen LogP contribution in [0, 0.1) is 62.6 Å². The Hall–Kier alpha value is -1.14. The van der Waals surface area contributed by atoms with Gasteiger partial charge in [-0.1, -0.05) is 53.7 Å². The Morgan fingerprint density at radius 3 is 2.27 bits per heavy atom. The van der Waals surface area contributed by atoms with E-state index in [9.17, 15) is 15.3 Å². The van der Waals surface area contributed by atoms with E-state index in [1.165, 1.54) is 69.8 Å². The first-order valence-electron chi connectivity index (χ1n) is 18.8. The Labute approximate surface area is 274 Å². The zero-order chi connectivity index (χ0) is 32.3. The Morgan fingerprint density at radius 2 is 1.56 bits per heavy atom. The number of hydrogen-bond acceptors (Lipinski definition) is 5. The quantitative estimate of drug-likeness (QED) is 0.179. The second-order valence-corrected chi connectivity index (χ2v) is 18.1. The van der Waals surface area contributed by atoms with Crippen molar-refractivity contribution in [3.63, 3.8) is 0 Å². The van der Waals surface area contributed by atoms with Crippen LogP contribution < -0.4 is 10.6 Å². The number of fused-ring (bicyclic) bond motifs is 7. The van der Waals surface area contributed by atoms with Crippen molar-refractivity contribution in [3.8, 4) is 5.75 Å². The van der Waals surface area contributed by atoms with Gasteiger partial charge in [0.15, 0.2) is 0 Å². The zero-order valence-electron chi connectivity index (χ0n) is 29.5. The average molecular weight is 623 g/mol. The molecule has 0 aliphatic heterocycles. The molecule has 2 unspecified atom stereocenters. The summed E-state index contributed by atoms with van der Waals surface area (Å²) >= 11 is 0. The number of nitrogens with one attached hydrogen (secondary N) is 2. The molecular weight excluding hydrogens is 556 g/mol. The van der Waals surface area contributed by atoms with Gasteiger partial charge in [-0.2, -0.15) is 0 Å². The lowest BCUT2D eigenvalue weighted by molar-refractivity contribution is -0.243. The Kier molecular flexibility index (Phi) is 9.29. The van der Waals surface area contributed by atoms with E-state index in [0.29, 0.717) is 64.9 Å². The van der Waals surface area contributed by atoms with E-state index in [2.05, 4.69) is 64.3 Å². The minimum atomic E-state index is 0.121. The van der Waals surface area contributed by atoms with Crippen LogP contribution in [0.25, 0.3) is 0 Å². The first kappa shape index (κ1) is 33.7. The van der Waals surface area contributed by atoms with Crippen LogP contribution in [0.4, 0.5) is 0 Å². The largest absolute Gasteiger partial charge is 0.508 e. The molecule has 0 radical (unpaired) electrons. The van der Waals surface area contributed by atoms with E-state index in [1.807, 2.05) is 0 Å². The number of hydrogen-bond donors (Lipinski definition) is 5. The molecule has 5 aliphatic carbocycles. The second kappa shape index (κ2) is 12.4. The summed E-state index contributed by atoms with van der Waals surface area (Å²) in [5.74, 6) is 4.43. The molecule has 45 heavy (non-hydrogen) atoms. The highest BCUT2D eigenvalue weighted by atomic mass is 16.3. The van der Waals surface area contributed by atoms with Crippen LogP contribution in [0.2, 0.25) is 0 Å². The topological polar surface area (TPSA) is 84.8 Å². The highest BCUT2D eigenvalue weighted by Gasteiger charge is 2.70. The Morgan fingerprint density at radius 1 is 0.800 bits per heavy atom. The van der Waals surface area contributed by atoms with Crippen molar-refractivity contribution >= 4 is 0 Å². The predicted molar refractivity (Wildman–Crippen MR) is 184 cm³/mol. The fraction of sp³-hybridized carbons (Fsp3) is 0.850. The number of benzene rings is 1. The van der Waals surface area contributed by atoms with Gasteiger partial charge < -0.3 is 26.0 Å². The van der Waals surface area contributed by atoms with E-state index in [0.717, 1.165) is 31.3 Å². The SMILES string of the molecule is CC(CNCCO)[C@@H]1CC[C@]2(CO)CC[C@]3(C)[C@H](CC[C@@H]4[C@@]5(C)CCC(NCCc6ccc(O)cc6)C(C)(C)[C@@H]5CC[C@]43C)[C@@H]12. The molecular formula is C40H66N2O3. The normalized spacial score (nSPS) is 44.4. The van der Waals surface area contributed by atoms with Gasteiger partial charge >= 0.3 is 0 Å². The third kappa shape index (κ3) is 5.33. The molecule has 1 aromatic carbocycles. The first-order chi connectivity index (χ1) is 21.4. The maximum atomic E-state index is 11.0. The van der Waals surface area contributed by atoms with Crippen LogP contribution in [-0.2, 0) is 6.42 Å². The van der Waals surface area contributed by atoms with Crippen LogP contribution >= 0.6 is 0 Å². The van der Waals surface area contributed by atoms with Crippen LogP contribution in [0.1, 0.15) is 111 Å². The van der Waals surface area contributed by atoms with Crippen LogP contribution in [0.3, 0.4) is 0 Å². The van der Waals surface area contributed by atoms with Crippen molar-refractivity contribution in [2.75, 3.05) is 32.8 Å². The van der Waals surface area contributed by atoms with Crippen molar-refractivity contribution in [2.24, 2.45) is 62.6 Å². The smallest absolute Gasteiger partial charge is 0.115 e. The van der Waals surface area contributed by atoms with Gasteiger partial charge in [-0.3, -0.25) is 0 Å². The van der Waals surface area contributed by atoms with Crippen LogP contribution in [0.15, 0.2) is 24.3 Å². The predicted octanol–water partition coefficient (Wildman–Crippen LogP) is 7.18. The second-order valence-electron chi connectivity index (χ2n) is 18.1. The molecule has 6 rings (SSSR count). The minimum Gasteiger partial charge on any atom is -0.508 e. The van der Waals surface area contributed by atoms with Gasteiger partial charge in [0.1, 0.15) is 5.75 Å². The monoisotopic (exact) mass is 623 g/mol. The lowest BCUT2D eigenvalue weighted by Crippen LogP contribution is -2.67. The summed E-state index contributed by atoms with van der Waals surface area (Å²) in [6, 6.07) is 8.26. The summed E-state index contributed by atoms with van der Waals surface area (Å²) in [7, 11) is 0. The number of aliphatic hydroxyl groups excluding tert-OH is 2. The zero-order valence-corrected chi connectivity index (χ0v) is 29.5. The molecule has 11 atom stereocenters. The Balaban J connectivity index is 1.21. The molecule has 5 heteroatoms. The number of phenols is 1. The van der Waals surface area contributed by atoms with Crippen molar-refractivity contribution in [1.29, 1.82) is 0 Å². The minimum absolute atomic E-state index is 0.121. The molecule has 1 aromatic rings. The van der Waals surface area contributed by atoms with Crippen molar-refractivity contribution in [1.82, 2.24) is 10.6 Å². The summed E-state index contributed by atoms with van der Waals surface area (Å²) < 4.78 is 0. The maximum Gasteiger partial charge on any atom is 0.115 e. The molecule has 0 aromatic heterocycles. The highest BCUT2D eigenvalue weighted by molar-refractivity contribution is 5.26. The van der Waals surface area contributed by atoms with E-state index >= 15 is 0 Å². The fourth-order valence-corrected chi connectivity index (χ4v) is 13.7. The van der Waals surface area contributed by atoms with Crippen molar-refractivity contribution in [2.45, 2.75) is 118 Å². The van der Waals surface area contributed by atoms with Gasteiger partial charge in [-0.25, -0.2) is 0 Å². The fourth-order valence-electron chi connectivity index (χ4n) is 13.7. The molecule has 0 saturated heterocycles. The van der Waals surface area contributed by atoms with E-state index in [-0.39, 0.29) is 17.4 Å². The molecule has 5 fully saturated rings. The van der Waals surface area contributed by atoms with Gasteiger partial charge in [-0.05, 0) is 164 Å². The highest BCUT2D eigenvalue weighted by Crippen LogP contribution is 2.77. The summed E-state index contributed by atoms with van der Waals surface area (Å²) in [4.78, 5) is 0. The van der Waals surface area contributed by atoms with Crippen LogP contribution in [-0.4, -0.2) is 54.2 Å². The number of phenolic OH excluding ortho intramolecular Hbond substituents is 1. The van der Waals surface area contributed by atoms with E-state index in [4.69, 9.17) is 0 Å². The summed E-state index contributed by atoms with van der Waals surface area (Å²) in [6.45, 7) is 19.0. The molecule has 0 heterocycles. The molecule has 5 aliphatic rings. The molecule has 0 bridgehead atoms. The van der Waals surface area contributed by atoms with Crippen molar-refractivity contribution in [3.05, 3.63) is 29.8 Å². The number of aliphatic hydroxyl groups is 2. The third-order valence-corrected chi connectivity index (χ3v) is 16.2. The van der Waals surface area contributed by atoms with Crippen molar-refractivity contribution < 1.29 is 15.3 Å². The van der Waals surface area contributed by atoms with E-state index in [1.54, 1.807) is 12.1 Å². The lowest BCUT2D eigenvalue weighted by Gasteiger charge is -2.73.